The van der Waals surface area contributed by atoms with Gasteiger partial charge in [-0.25, -0.2) is 0 Å². The van der Waals surface area contributed by atoms with Gasteiger partial charge < -0.3 is 9.62 Å². The van der Waals surface area contributed by atoms with Gasteiger partial charge in [-0.3, -0.25) is 0 Å². The van der Waals surface area contributed by atoms with Gasteiger partial charge in [0.1, 0.15) is 0 Å². The molecule has 0 aliphatic heterocycles. The van der Waals surface area contributed by atoms with Gasteiger partial charge in [0.15, 0.2) is 0 Å². The molecule has 0 unspecified atom stereocenters. The predicted molar refractivity (Wildman–Crippen MR) is 79.1 cm³/mol. The quantitative estimate of drug-likeness (QED) is 0.301. The van der Waals surface area contributed by atoms with E-state index in [1.165, 1.54) is 0 Å². The Hall–Kier alpha value is -0.705. The average molecular weight is 253 g/mol. The Labute approximate surface area is 112 Å². The van der Waals surface area contributed by atoms with E-state index in [-0.39, 0.29) is 7.12 Å². The summed E-state index contributed by atoms with van der Waals surface area (Å²) in [7, 11) is -0.227. The van der Waals surface area contributed by atoms with Crippen molar-refractivity contribution in [3.8, 4) is 0 Å². The van der Waals surface area contributed by atoms with Crippen molar-refractivity contribution in [1.29, 1.82) is 0 Å². The molecular weight excluding hydrogens is 225 g/mol. The zero-order valence-electron chi connectivity index (χ0n) is 13.1. The topological polar surface area (TPSA) is 55.2 Å². The maximum Gasteiger partial charge on any atom is 0.408 e. The van der Waals surface area contributed by atoms with E-state index >= 15 is 0 Å². The Balaban J connectivity index is 5.43. The minimum atomic E-state index is -0.227. The third-order valence-corrected chi connectivity index (χ3v) is 3.07. The lowest BCUT2D eigenvalue weighted by atomic mass is 9.81. The van der Waals surface area contributed by atoms with Crippen LogP contribution < -0.4 is 0 Å². The molecule has 0 spiro atoms. The normalized spacial score (nSPS) is 12.1. The van der Waals surface area contributed by atoms with Crippen molar-refractivity contribution in [2.45, 2.75) is 79.6 Å². The van der Waals surface area contributed by atoms with Crippen LogP contribution in [0.5, 0.6) is 0 Å². The lowest BCUT2D eigenvalue weighted by Crippen LogP contribution is -2.60. The van der Waals surface area contributed by atoms with E-state index in [1.54, 1.807) is 0 Å². The van der Waals surface area contributed by atoms with Crippen LogP contribution in [0, 0.1) is 0 Å². The maximum absolute atomic E-state index is 8.87. The van der Waals surface area contributed by atoms with Crippen LogP contribution in [0.25, 0.3) is 10.4 Å². The highest BCUT2D eigenvalue weighted by Crippen LogP contribution is 2.17. The molecule has 0 fully saturated rings. The van der Waals surface area contributed by atoms with Crippen molar-refractivity contribution in [3.05, 3.63) is 10.4 Å². The Morgan fingerprint density at radius 3 is 1.22 bits per heavy atom. The third-order valence-electron chi connectivity index (χ3n) is 3.07. The van der Waals surface area contributed by atoms with Crippen molar-refractivity contribution in [3.63, 3.8) is 0 Å². The van der Waals surface area contributed by atoms with Gasteiger partial charge in [0, 0.05) is 0 Å². The maximum atomic E-state index is 8.87. The summed E-state index contributed by atoms with van der Waals surface area (Å²) in [5.74, 6) is 0. The highest BCUT2D eigenvalue weighted by Gasteiger charge is 2.35. The molecule has 18 heavy (non-hydrogen) atoms. The number of azide groups is 1. The molecule has 0 rings (SSSR count). The number of nitrogens with zero attached hydrogens (tertiary/aromatic N) is 5. The fourth-order valence-electron chi connectivity index (χ4n) is 2.58. The largest absolute Gasteiger partial charge is 0.408 e. The Morgan fingerprint density at radius 1 is 0.778 bits per heavy atom. The van der Waals surface area contributed by atoms with Gasteiger partial charge in [0.25, 0.3) is 0 Å². The Bertz CT molecular complexity index is 248. The smallest absolute Gasteiger partial charge is 0.320 e. The second-order valence-electron chi connectivity index (χ2n) is 5.82. The fraction of sp³-hybridized carbons (Fsp3) is 1.00. The first-order chi connectivity index (χ1) is 8.23. The van der Waals surface area contributed by atoms with Gasteiger partial charge >= 0.3 is 7.12 Å². The summed E-state index contributed by atoms with van der Waals surface area (Å²) in [5, 5.41) is 4.04. The highest BCUT2D eigenvalue weighted by atomic mass is 15.4. The Morgan fingerprint density at radius 2 is 1.06 bits per heavy atom. The summed E-state index contributed by atoms with van der Waals surface area (Å²) in [4.78, 5) is 7.55. The van der Waals surface area contributed by atoms with Crippen molar-refractivity contribution in [2.24, 2.45) is 5.03 Å². The Kier molecular flexibility index (Phi) is 7.37. The molecule has 0 heterocycles. The molecule has 0 aliphatic rings. The van der Waals surface area contributed by atoms with E-state index in [2.05, 4.69) is 74.9 Å². The summed E-state index contributed by atoms with van der Waals surface area (Å²) in [6, 6.07) is 1.34. The van der Waals surface area contributed by atoms with E-state index < -0.39 is 0 Å². The number of rotatable bonds is 7. The van der Waals surface area contributed by atoms with E-state index in [4.69, 9.17) is 5.53 Å². The van der Waals surface area contributed by atoms with Crippen molar-refractivity contribution >= 4 is 7.12 Å². The molecule has 104 valence electrons. The average Bonchev–Trinajstić information content (AvgIpc) is 2.14. The minimum Gasteiger partial charge on any atom is -0.320 e. The van der Waals surface area contributed by atoms with Gasteiger partial charge in [0.2, 0.25) is 0 Å². The summed E-state index contributed by atoms with van der Waals surface area (Å²) < 4.78 is 0. The fourth-order valence-corrected chi connectivity index (χ4v) is 2.58. The molecule has 0 radical (unpaired) electrons. The molecule has 0 amide bonds. The number of hydrogen-bond donors (Lipinski definition) is 0. The van der Waals surface area contributed by atoms with Gasteiger partial charge in [-0.05, 0) is 34.6 Å². The second-order valence-corrected chi connectivity index (χ2v) is 5.82. The molecular formula is C12H28BN5. The summed E-state index contributed by atoms with van der Waals surface area (Å²) in [6.45, 7) is 17.1. The molecule has 0 aromatic carbocycles. The SMILES string of the molecule is CC(C)N(B(N=[N+]=[N-])N(C(C)C)C(C)C)C(C)C. The second kappa shape index (κ2) is 7.67. The summed E-state index contributed by atoms with van der Waals surface area (Å²) >= 11 is 0. The monoisotopic (exact) mass is 253 g/mol. The molecule has 5 nitrogen and oxygen atoms in total. The molecule has 0 saturated heterocycles. The molecule has 0 bridgehead atoms. The van der Waals surface area contributed by atoms with Gasteiger partial charge in [0.05, 0.1) is 0 Å². The lowest BCUT2D eigenvalue weighted by molar-refractivity contribution is 0.221. The van der Waals surface area contributed by atoms with Crippen molar-refractivity contribution in [2.75, 3.05) is 0 Å². The molecule has 0 N–H and O–H groups in total. The summed E-state index contributed by atoms with van der Waals surface area (Å²) in [5.41, 5.74) is 8.87. The van der Waals surface area contributed by atoms with E-state index in [9.17, 15) is 0 Å². The predicted octanol–water partition coefficient (Wildman–Crippen LogP) is 3.52. The zero-order valence-corrected chi connectivity index (χ0v) is 13.1. The molecule has 0 saturated carbocycles. The van der Waals surface area contributed by atoms with Crippen LogP contribution in [0.2, 0.25) is 0 Å². The van der Waals surface area contributed by atoms with Crippen LogP contribution in [-0.2, 0) is 0 Å². The first-order valence-corrected chi connectivity index (χ1v) is 6.83. The van der Waals surface area contributed by atoms with Gasteiger partial charge in [-0.1, -0.05) is 55.4 Å². The standard InChI is InChI=1S/C12H28BN5/c1-9(2)17(10(3)4)13(15-16-14)18(11(5)6)12(7)8/h9-12H,1-8H3. The molecule has 0 aromatic heterocycles. The van der Waals surface area contributed by atoms with Gasteiger partial charge in [-0.2, -0.15) is 0 Å². The minimum absolute atomic E-state index is 0.227. The molecule has 6 heteroatoms. The zero-order chi connectivity index (χ0) is 14.5. The van der Waals surface area contributed by atoms with E-state index in [0.29, 0.717) is 24.2 Å². The van der Waals surface area contributed by atoms with Crippen LogP contribution in [0.15, 0.2) is 5.03 Å². The summed E-state index contributed by atoms with van der Waals surface area (Å²) in [6.07, 6.45) is 0. The van der Waals surface area contributed by atoms with Crippen LogP contribution >= 0.6 is 0 Å². The molecule has 0 aromatic rings. The van der Waals surface area contributed by atoms with Crippen LogP contribution in [0.1, 0.15) is 55.4 Å². The van der Waals surface area contributed by atoms with Crippen molar-refractivity contribution in [1.82, 2.24) is 9.62 Å². The van der Waals surface area contributed by atoms with Crippen LogP contribution in [0.3, 0.4) is 0 Å². The third kappa shape index (κ3) is 4.52. The van der Waals surface area contributed by atoms with E-state index in [0.717, 1.165) is 0 Å². The van der Waals surface area contributed by atoms with Crippen molar-refractivity contribution < 1.29 is 0 Å². The highest BCUT2D eigenvalue weighted by molar-refractivity contribution is 6.51. The van der Waals surface area contributed by atoms with E-state index in [1.807, 2.05) is 0 Å². The van der Waals surface area contributed by atoms with Gasteiger partial charge in [-0.15, -0.1) is 5.03 Å². The molecule has 0 aliphatic carbocycles. The lowest BCUT2D eigenvalue weighted by Gasteiger charge is -2.43. The molecule has 0 atom stereocenters. The first-order valence-electron chi connectivity index (χ1n) is 6.83. The number of hydrogen-bond acceptors (Lipinski definition) is 3. The van der Waals surface area contributed by atoms with Crippen LogP contribution in [0.4, 0.5) is 0 Å². The first kappa shape index (κ1) is 17.3. The van der Waals surface area contributed by atoms with Crippen LogP contribution in [-0.4, -0.2) is 40.9 Å².